The number of likely N-dealkylation sites (tertiary alicyclic amines) is 1. The molecule has 1 N–H and O–H groups in total. The molecule has 1 atom stereocenters. The van der Waals surface area contributed by atoms with Crippen LogP contribution < -0.4 is 5.32 Å². The minimum atomic E-state index is -0.294. The van der Waals surface area contributed by atoms with E-state index in [4.69, 9.17) is 11.6 Å². The van der Waals surface area contributed by atoms with Crippen LogP contribution in [0.3, 0.4) is 0 Å². The number of piperidine rings is 1. The summed E-state index contributed by atoms with van der Waals surface area (Å²) in [6.07, 6.45) is 1.85. The van der Waals surface area contributed by atoms with Crippen LogP contribution in [0.4, 0.5) is 8.78 Å². The SMILES string of the molecule is O=C(NCCSCc1c(F)cccc1Cl)[C@@H]1CCCN(Cc2ccc(F)cc2)C1. The minimum absolute atomic E-state index is 0.0322. The van der Waals surface area contributed by atoms with Gasteiger partial charge < -0.3 is 5.32 Å². The number of benzene rings is 2. The summed E-state index contributed by atoms with van der Waals surface area (Å²) in [5.74, 6) is 0.685. The lowest BCUT2D eigenvalue weighted by atomic mass is 9.96. The van der Waals surface area contributed by atoms with Crippen LogP contribution in [0, 0.1) is 17.6 Å². The number of hydrogen-bond donors (Lipinski definition) is 1. The predicted molar refractivity (Wildman–Crippen MR) is 115 cm³/mol. The van der Waals surface area contributed by atoms with Crippen LogP contribution in [0.1, 0.15) is 24.0 Å². The summed E-state index contributed by atoms with van der Waals surface area (Å²) in [7, 11) is 0. The third-order valence-electron chi connectivity index (χ3n) is 5.05. The first kappa shape index (κ1) is 22.1. The lowest BCUT2D eigenvalue weighted by Gasteiger charge is -2.32. The van der Waals surface area contributed by atoms with E-state index in [0.29, 0.717) is 35.2 Å². The van der Waals surface area contributed by atoms with Crippen molar-refractivity contribution in [3.63, 3.8) is 0 Å². The fourth-order valence-corrected chi connectivity index (χ4v) is 4.69. The monoisotopic (exact) mass is 438 g/mol. The maximum Gasteiger partial charge on any atom is 0.224 e. The van der Waals surface area contributed by atoms with Crippen molar-refractivity contribution in [3.05, 3.63) is 70.2 Å². The summed E-state index contributed by atoms with van der Waals surface area (Å²) < 4.78 is 26.8. The van der Waals surface area contributed by atoms with Crippen molar-refractivity contribution in [2.45, 2.75) is 25.1 Å². The Balaban J connectivity index is 1.38. The Hall–Kier alpha value is -1.63. The third-order valence-corrected chi connectivity index (χ3v) is 6.39. The summed E-state index contributed by atoms with van der Waals surface area (Å²) in [6, 6.07) is 11.2. The van der Waals surface area contributed by atoms with Crippen molar-refractivity contribution in [1.82, 2.24) is 10.2 Å². The van der Waals surface area contributed by atoms with Crippen LogP contribution in [0.15, 0.2) is 42.5 Å². The fraction of sp³-hybridized carbons (Fsp3) is 0.409. The second kappa shape index (κ2) is 11.0. The van der Waals surface area contributed by atoms with Gasteiger partial charge in [-0.15, -0.1) is 0 Å². The number of nitrogens with one attached hydrogen (secondary N) is 1. The standard InChI is InChI=1S/C22H25ClF2N2OS/c23-20-4-1-5-21(25)19(20)15-29-12-10-26-22(28)17-3-2-11-27(14-17)13-16-6-8-18(24)9-7-16/h1,4-9,17H,2-3,10-15H2,(H,26,28)/t17-/m1/s1. The lowest BCUT2D eigenvalue weighted by molar-refractivity contribution is -0.126. The number of carbonyl (C=O) groups excluding carboxylic acids is 1. The maximum absolute atomic E-state index is 13.8. The molecular formula is C22H25ClF2N2OS. The molecule has 0 saturated carbocycles. The Morgan fingerprint density at radius 1 is 1.21 bits per heavy atom. The molecule has 1 saturated heterocycles. The summed E-state index contributed by atoms with van der Waals surface area (Å²) in [5, 5.41) is 3.43. The van der Waals surface area contributed by atoms with E-state index in [-0.39, 0.29) is 23.5 Å². The highest BCUT2D eigenvalue weighted by atomic mass is 35.5. The van der Waals surface area contributed by atoms with Gasteiger partial charge in [-0.1, -0.05) is 29.8 Å². The zero-order valence-corrected chi connectivity index (χ0v) is 17.7. The fourth-order valence-electron chi connectivity index (χ4n) is 3.50. The molecule has 0 spiro atoms. The maximum atomic E-state index is 13.8. The molecule has 0 unspecified atom stereocenters. The molecule has 3 rings (SSSR count). The van der Waals surface area contributed by atoms with Crippen LogP contribution in [-0.2, 0) is 17.1 Å². The van der Waals surface area contributed by atoms with Crippen molar-refractivity contribution in [3.8, 4) is 0 Å². The smallest absolute Gasteiger partial charge is 0.224 e. The molecule has 1 aliphatic rings. The van der Waals surface area contributed by atoms with Gasteiger partial charge in [-0.05, 0) is 49.2 Å². The summed E-state index contributed by atoms with van der Waals surface area (Å²) in [6.45, 7) is 2.93. The van der Waals surface area contributed by atoms with Crippen LogP contribution in [-0.4, -0.2) is 36.2 Å². The Morgan fingerprint density at radius 2 is 2.00 bits per heavy atom. The second-order valence-corrected chi connectivity index (χ2v) is 8.76. The number of hydrogen-bond acceptors (Lipinski definition) is 3. The number of nitrogens with zero attached hydrogens (tertiary/aromatic N) is 1. The van der Waals surface area contributed by atoms with Crippen LogP contribution >= 0.6 is 23.4 Å². The zero-order chi connectivity index (χ0) is 20.6. The average Bonchev–Trinajstić information content (AvgIpc) is 2.71. The minimum Gasteiger partial charge on any atom is -0.355 e. The van der Waals surface area contributed by atoms with E-state index in [1.54, 1.807) is 36.0 Å². The normalized spacial score (nSPS) is 17.3. The predicted octanol–water partition coefficient (Wildman–Crippen LogP) is 4.88. The van der Waals surface area contributed by atoms with E-state index in [9.17, 15) is 13.6 Å². The zero-order valence-electron chi connectivity index (χ0n) is 16.2. The van der Waals surface area contributed by atoms with Gasteiger partial charge in [0.2, 0.25) is 5.91 Å². The molecule has 0 aromatic heterocycles. The van der Waals surface area contributed by atoms with Crippen molar-refractivity contribution in [1.29, 1.82) is 0 Å². The number of rotatable bonds is 8. The van der Waals surface area contributed by atoms with Crippen molar-refractivity contribution in [2.24, 2.45) is 5.92 Å². The molecule has 1 amide bonds. The van der Waals surface area contributed by atoms with E-state index >= 15 is 0 Å². The van der Waals surface area contributed by atoms with Crippen LogP contribution in [0.2, 0.25) is 5.02 Å². The molecule has 7 heteroatoms. The molecule has 1 heterocycles. The van der Waals surface area contributed by atoms with E-state index in [1.165, 1.54) is 18.2 Å². The molecule has 0 radical (unpaired) electrons. The quantitative estimate of drug-likeness (QED) is 0.596. The van der Waals surface area contributed by atoms with Crippen LogP contribution in [0.25, 0.3) is 0 Å². The van der Waals surface area contributed by atoms with Gasteiger partial charge >= 0.3 is 0 Å². The molecule has 0 aliphatic carbocycles. The van der Waals surface area contributed by atoms with Crippen molar-refractivity contribution < 1.29 is 13.6 Å². The molecule has 1 fully saturated rings. The van der Waals surface area contributed by atoms with Gasteiger partial charge in [0.15, 0.2) is 0 Å². The van der Waals surface area contributed by atoms with E-state index in [1.807, 2.05) is 0 Å². The molecule has 2 aromatic carbocycles. The van der Waals surface area contributed by atoms with Gasteiger partial charge in [-0.3, -0.25) is 9.69 Å². The largest absolute Gasteiger partial charge is 0.355 e. The van der Waals surface area contributed by atoms with Crippen molar-refractivity contribution in [2.75, 3.05) is 25.4 Å². The Bertz CT molecular complexity index is 799. The Labute approximate surface area is 179 Å². The van der Waals surface area contributed by atoms with Gasteiger partial charge in [0.1, 0.15) is 11.6 Å². The molecule has 156 valence electrons. The van der Waals surface area contributed by atoms with E-state index in [0.717, 1.165) is 31.5 Å². The Morgan fingerprint density at radius 3 is 2.76 bits per heavy atom. The van der Waals surface area contributed by atoms with Gasteiger partial charge in [0, 0.05) is 41.7 Å². The first-order valence-electron chi connectivity index (χ1n) is 9.78. The number of amides is 1. The molecule has 2 aromatic rings. The topological polar surface area (TPSA) is 32.3 Å². The highest BCUT2D eigenvalue weighted by molar-refractivity contribution is 7.98. The first-order chi connectivity index (χ1) is 14.0. The van der Waals surface area contributed by atoms with Gasteiger partial charge in [-0.2, -0.15) is 11.8 Å². The highest BCUT2D eigenvalue weighted by Gasteiger charge is 2.25. The molecule has 29 heavy (non-hydrogen) atoms. The molecular weight excluding hydrogens is 414 g/mol. The molecule has 1 aliphatic heterocycles. The highest BCUT2D eigenvalue weighted by Crippen LogP contribution is 2.24. The Kier molecular flexibility index (Phi) is 8.33. The number of thioether (sulfide) groups is 1. The van der Waals surface area contributed by atoms with Gasteiger partial charge in [-0.25, -0.2) is 8.78 Å². The summed E-state index contributed by atoms with van der Waals surface area (Å²) in [4.78, 5) is 14.8. The molecule has 0 bridgehead atoms. The first-order valence-corrected chi connectivity index (χ1v) is 11.3. The third kappa shape index (κ3) is 6.69. The van der Waals surface area contributed by atoms with E-state index < -0.39 is 0 Å². The number of halogens is 3. The summed E-state index contributed by atoms with van der Waals surface area (Å²) >= 11 is 7.57. The van der Waals surface area contributed by atoms with Gasteiger partial charge in [0.25, 0.3) is 0 Å². The van der Waals surface area contributed by atoms with Crippen LogP contribution in [0.5, 0.6) is 0 Å². The second-order valence-electron chi connectivity index (χ2n) is 7.24. The van der Waals surface area contributed by atoms with Gasteiger partial charge in [0.05, 0.1) is 5.92 Å². The van der Waals surface area contributed by atoms with Crippen molar-refractivity contribution >= 4 is 29.3 Å². The average molecular weight is 439 g/mol. The lowest BCUT2D eigenvalue weighted by Crippen LogP contribution is -2.43. The number of carbonyl (C=O) groups is 1. The van der Waals surface area contributed by atoms with E-state index in [2.05, 4.69) is 10.2 Å². The summed E-state index contributed by atoms with van der Waals surface area (Å²) in [5.41, 5.74) is 1.56. The molecule has 3 nitrogen and oxygen atoms in total.